The molecule has 0 aliphatic carbocycles. The Bertz CT molecular complexity index is 1190. The molecule has 0 aliphatic heterocycles. The maximum absolute atomic E-state index is 11.6. The number of hydrogen-bond donors (Lipinski definition) is 1. The first-order valence-corrected chi connectivity index (χ1v) is 9.12. The van der Waals surface area contributed by atoms with Crippen LogP contribution in [0.5, 0.6) is 5.75 Å². The van der Waals surface area contributed by atoms with Crippen LogP contribution in [0.25, 0.3) is 23.1 Å². The number of carboxylic acid groups (broad SMARTS) is 1. The van der Waals surface area contributed by atoms with E-state index >= 15 is 0 Å². The molecule has 0 aliphatic rings. The number of aromatic nitrogens is 2. The zero-order valence-corrected chi connectivity index (χ0v) is 15.5. The van der Waals surface area contributed by atoms with Crippen molar-refractivity contribution in [2.45, 2.75) is 6.61 Å². The predicted molar refractivity (Wildman–Crippen MR) is 113 cm³/mol. The van der Waals surface area contributed by atoms with Crippen LogP contribution in [0.3, 0.4) is 0 Å². The molecule has 1 N–H and O–H groups in total. The minimum atomic E-state index is -0.974. The van der Waals surface area contributed by atoms with Gasteiger partial charge in [0.15, 0.2) is 0 Å². The molecule has 5 nitrogen and oxygen atoms in total. The van der Waals surface area contributed by atoms with E-state index in [-0.39, 0.29) is 5.56 Å². The molecule has 0 saturated heterocycles. The average Bonchev–Trinajstić information content (AvgIpc) is 2.77. The predicted octanol–water partition coefficient (Wildman–Crippen LogP) is 5.08. The Morgan fingerprint density at radius 1 is 1.00 bits per heavy atom. The molecule has 0 saturated carbocycles. The molecule has 0 unspecified atom stereocenters. The van der Waals surface area contributed by atoms with Crippen molar-refractivity contribution in [1.29, 1.82) is 0 Å². The van der Waals surface area contributed by atoms with E-state index < -0.39 is 5.97 Å². The van der Waals surface area contributed by atoms with Gasteiger partial charge in [-0.05, 0) is 36.4 Å². The summed E-state index contributed by atoms with van der Waals surface area (Å²) >= 11 is 0. The largest absolute Gasteiger partial charge is 0.488 e. The Balaban J connectivity index is 1.62. The molecule has 29 heavy (non-hydrogen) atoms. The van der Waals surface area contributed by atoms with Crippen molar-refractivity contribution in [3.05, 3.63) is 102 Å². The smallest absolute Gasteiger partial charge is 0.336 e. The third kappa shape index (κ3) is 4.30. The summed E-state index contributed by atoms with van der Waals surface area (Å²) in [6, 6.07) is 20.3. The molecule has 0 bridgehead atoms. The Hall–Kier alpha value is -3.99. The number of fused-ring (bicyclic) bond motifs is 1. The van der Waals surface area contributed by atoms with E-state index in [2.05, 4.69) is 9.97 Å². The Kier molecular flexibility index (Phi) is 5.29. The first-order valence-electron chi connectivity index (χ1n) is 9.12. The van der Waals surface area contributed by atoms with E-state index in [9.17, 15) is 9.90 Å². The lowest BCUT2D eigenvalue weighted by atomic mass is 10.1. The fourth-order valence-electron chi connectivity index (χ4n) is 3.03. The van der Waals surface area contributed by atoms with Crippen LogP contribution in [-0.4, -0.2) is 21.0 Å². The summed E-state index contributed by atoms with van der Waals surface area (Å²) in [4.78, 5) is 20.3. The highest BCUT2D eigenvalue weighted by molar-refractivity contribution is 6.03. The summed E-state index contributed by atoms with van der Waals surface area (Å²) in [6.45, 7) is 0.413. The SMILES string of the molecule is O=C(O)c1cc(/C=C/c2ccccc2OCc2cccnc2)nc2ccccc12. The first kappa shape index (κ1) is 18.4. The second kappa shape index (κ2) is 8.35. The molecule has 2 aromatic carbocycles. The molecular formula is C24H18N2O3. The molecule has 4 aromatic rings. The third-order valence-electron chi connectivity index (χ3n) is 4.44. The van der Waals surface area contributed by atoms with Gasteiger partial charge in [-0.2, -0.15) is 0 Å². The second-order valence-corrected chi connectivity index (χ2v) is 6.44. The number of hydrogen-bond acceptors (Lipinski definition) is 4. The number of carboxylic acids is 1. The van der Waals surface area contributed by atoms with Crippen LogP contribution in [0.1, 0.15) is 27.2 Å². The number of pyridine rings is 2. The monoisotopic (exact) mass is 382 g/mol. The van der Waals surface area contributed by atoms with E-state index in [0.717, 1.165) is 16.9 Å². The molecule has 5 heteroatoms. The Morgan fingerprint density at radius 3 is 2.66 bits per heavy atom. The van der Waals surface area contributed by atoms with E-state index in [1.807, 2.05) is 60.7 Å². The molecule has 4 rings (SSSR count). The van der Waals surface area contributed by atoms with Gasteiger partial charge in [0, 0.05) is 28.9 Å². The lowest BCUT2D eigenvalue weighted by Crippen LogP contribution is -2.00. The maximum Gasteiger partial charge on any atom is 0.336 e. The van der Waals surface area contributed by atoms with Crippen LogP contribution in [0.4, 0.5) is 0 Å². The molecule has 2 heterocycles. The van der Waals surface area contributed by atoms with Gasteiger partial charge < -0.3 is 9.84 Å². The number of carbonyl (C=O) groups is 1. The molecule has 0 spiro atoms. The van der Waals surface area contributed by atoms with Crippen molar-refractivity contribution < 1.29 is 14.6 Å². The van der Waals surface area contributed by atoms with Gasteiger partial charge in [-0.15, -0.1) is 0 Å². The number of benzene rings is 2. The quantitative estimate of drug-likeness (QED) is 0.504. The van der Waals surface area contributed by atoms with Crippen molar-refractivity contribution in [2.24, 2.45) is 0 Å². The lowest BCUT2D eigenvalue weighted by Gasteiger charge is -2.09. The summed E-state index contributed by atoms with van der Waals surface area (Å²) in [5.74, 6) is -0.245. The first-order chi connectivity index (χ1) is 14.2. The summed E-state index contributed by atoms with van der Waals surface area (Å²) in [7, 11) is 0. The van der Waals surface area contributed by atoms with Gasteiger partial charge in [0.2, 0.25) is 0 Å². The van der Waals surface area contributed by atoms with Gasteiger partial charge >= 0.3 is 5.97 Å². The molecule has 2 aromatic heterocycles. The Labute approximate surface area is 168 Å². The molecule has 0 amide bonds. The van der Waals surface area contributed by atoms with Gasteiger partial charge in [-0.3, -0.25) is 4.98 Å². The standard InChI is InChI=1S/C24H18N2O3/c27-24(28)21-14-19(26-22-9-3-2-8-20(21)22)12-11-18-7-1-4-10-23(18)29-16-17-6-5-13-25-15-17/h1-15H,16H2,(H,27,28)/b12-11+. The summed E-state index contributed by atoms with van der Waals surface area (Å²) in [6.07, 6.45) is 7.17. The number of para-hydroxylation sites is 2. The van der Waals surface area contributed by atoms with E-state index in [0.29, 0.717) is 23.2 Å². The minimum absolute atomic E-state index is 0.233. The van der Waals surface area contributed by atoms with Crippen LogP contribution in [-0.2, 0) is 6.61 Å². The number of ether oxygens (including phenoxy) is 1. The van der Waals surface area contributed by atoms with Gasteiger partial charge in [-0.25, -0.2) is 9.78 Å². The van der Waals surface area contributed by atoms with Crippen LogP contribution >= 0.6 is 0 Å². The lowest BCUT2D eigenvalue weighted by molar-refractivity contribution is 0.0699. The molecule has 0 radical (unpaired) electrons. The normalized spacial score (nSPS) is 11.0. The highest BCUT2D eigenvalue weighted by Gasteiger charge is 2.10. The van der Waals surface area contributed by atoms with Crippen molar-refractivity contribution in [2.75, 3.05) is 0 Å². The molecule has 0 atom stereocenters. The number of nitrogens with zero attached hydrogens (tertiary/aromatic N) is 2. The fraction of sp³-hybridized carbons (Fsp3) is 0.0417. The van der Waals surface area contributed by atoms with Gasteiger partial charge in [0.1, 0.15) is 12.4 Å². The summed E-state index contributed by atoms with van der Waals surface area (Å²) in [5.41, 5.74) is 3.31. The zero-order chi connectivity index (χ0) is 20.1. The molecule has 0 fully saturated rings. The van der Waals surface area contributed by atoms with Gasteiger partial charge in [0.05, 0.1) is 16.8 Å². The van der Waals surface area contributed by atoms with Gasteiger partial charge in [0.25, 0.3) is 0 Å². The van der Waals surface area contributed by atoms with Crippen molar-refractivity contribution >= 4 is 29.0 Å². The van der Waals surface area contributed by atoms with Crippen LogP contribution in [0, 0.1) is 0 Å². The van der Waals surface area contributed by atoms with Crippen LogP contribution in [0.15, 0.2) is 79.1 Å². The van der Waals surface area contributed by atoms with E-state index in [4.69, 9.17) is 4.74 Å². The Morgan fingerprint density at radius 2 is 1.83 bits per heavy atom. The third-order valence-corrected chi connectivity index (χ3v) is 4.44. The topological polar surface area (TPSA) is 72.3 Å². The van der Waals surface area contributed by atoms with Gasteiger partial charge in [-0.1, -0.05) is 42.5 Å². The van der Waals surface area contributed by atoms with E-state index in [1.165, 1.54) is 0 Å². The van der Waals surface area contributed by atoms with Crippen molar-refractivity contribution in [3.63, 3.8) is 0 Å². The fourth-order valence-corrected chi connectivity index (χ4v) is 3.03. The average molecular weight is 382 g/mol. The highest BCUT2D eigenvalue weighted by Crippen LogP contribution is 2.23. The van der Waals surface area contributed by atoms with Crippen molar-refractivity contribution in [1.82, 2.24) is 9.97 Å². The van der Waals surface area contributed by atoms with Crippen LogP contribution < -0.4 is 4.74 Å². The zero-order valence-electron chi connectivity index (χ0n) is 15.5. The molecular weight excluding hydrogens is 364 g/mol. The molecule has 142 valence electrons. The van der Waals surface area contributed by atoms with E-state index in [1.54, 1.807) is 30.6 Å². The van der Waals surface area contributed by atoms with Crippen molar-refractivity contribution in [3.8, 4) is 5.75 Å². The maximum atomic E-state index is 11.6. The summed E-state index contributed by atoms with van der Waals surface area (Å²) < 4.78 is 5.94. The second-order valence-electron chi connectivity index (χ2n) is 6.44. The highest BCUT2D eigenvalue weighted by atomic mass is 16.5. The minimum Gasteiger partial charge on any atom is -0.488 e. The summed E-state index contributed by atoms with van der Waals surface area (Å²) in [5, 5.41) is 10.2. The number of aromatic carboxylic acids is 1. The van der Waals surface area contributed by atoms with Crippen LogP contribution in [0.2, 0.25) is 0 Å². The number of rotatable bonds is 6.